The topological polar surface area (TPSA) is 78.5 Å². The lowest BCUT2D eigenvalue weighted by Gasteiger charge is -2.06. The summed E-state index contributed by atoms with van der Waals surface area (Å²) in [5, 5.41) is 11.1. The fourth-order valence-corrected chi connectivity index (χ4v) is 3.14. The van der Waals surface area contributed by atoms with Crippen LogP contribution in [0.5, 0.6) is 0 Å². The van der Waals surface area contributed by atoms with E-state index in [9.17, 15) is 4.79 Å². The van der Waals surface area contributed by atoms with Crippen molar-refractivity contribution in [3.05, 3.63) is 46.6 Å². The second-order valence-corrected chi connectivity index (χ2v) is 6.04. The zero-order valence-corrected chi connectivity index (χ0v) is 14.4. The Morgan fingerprint density at radius 2 is 2.17 bits per heavy atom. The van der Waals surface area contributed by atoms with Gasteiger partial charge in [-0.3, -0.25) is 9.89 Å². The van der Waals surface area contributed by atoms with Gasteiger partial charge in [-0.15, -0.1) is 0 Å². The highest BCUT2D eigenvalue weighted by Crippen LogP contribution is 2.18. The Kier molecular flexibility index (Phi) is 5.10. The number of para-hydroxylation sites is 1. The number of nitrogens with one attached hydrogen (secondary N) is 3. The number of H-pyrrole nitrogens is 2. The first kappa shape index (κ1) is 16.4. The molecule has 0 unspecified atom stereocenters. The van der Waals surface area contributed by atoms with Gasteiger partial charge in [0.15, 0.2) is 4.77 Å². The predicted octanol–water partition coefficient (Wildman–Crippen LogP) is 2.73. The van der Waals surface area contributed by atoms with Gasteiger partial charge in [0.1, 0.15) is 5.82 Å². The first-order valence-corrected chi connectivity index (χ1v) is 8.55. The summed E-state index contributed by atoms with van der Waals surface area (Å²) < 4.78 is 2.56. The molecule has 2 heterocycles. The van der Waals surface area contributed by atoms with Crippen molar-refractivity contribution in [2.24, 2.45) is 0 Å². The lowest BCUT2D eigenvalue weighted by Crippen LogP contribution is -2.26. The molecule has 0 bridgehead atoms. The number of aryl methyl sites for hydroxylation is 1. The van der Waals surface area contributed by atoms with Crippen LogP contribution in [0.15, 0.2) is 30.5 Å². The number of amides is 1. The van der Waals surface area contributed by atoms with Crippen LogP contribution in [0.2, 0.25) is 0 Å². The van der Waals surface area contributed by atoms with Crippen LogP contribution in [-0.4, -0.2) is 32.2 Å². The van der Waals surface area contributed by atoms with Crippen LogP contribution in [0.25, 0.3) is 10.9 Å². The van der Waals surface area contributed by atoms with Gasteiger partial charge >= 0.3 is 0 Å². The molecule has 0 fully saturated rings. The standard InChI is InChI=1S/C17H21N5OS/c1-2-22-15(20-21-17(22)24)9-10-18-16(23)8-7-12-11-19-14-6-4-3-5-13(12)14/h3-6,11,19H,2,7-10H2,1H3,(H,18,23)(H,21,24). The smallest absolute Gasteiger partial charge is 0.220 e. The number of carbonyl (C=O) groups is 1. The molecule has 7 heteroatoms. The molecule has 0 saturated carbocycles. The van der Waals surface area contributed by atoms with E-state index in [2.05, 4.69) is 26.6 Å². The third-order valence-corrected chi connectivity index (χ3v) is 4.43. The number of hydrogen-bond acceptors (Lipinski definition) is 3. The molecule has 1 amide bonds. The zero-order chi connectivity index (χ0) is 16.9. The third-order valence-electron chi connectivity index (χ3n) is 4.12. The van der Waals surface area contributed by atoms with E-state index in [0.29, 0.717) is 24.2 Å². The molecule has 0 aliphatic carbocycles. The monoisotopic (exact) mass is 343 g/mol. The molecule has 2 aromatic heterocycles. The lowest BCUT2D eigenvalue weighted by atomic mass is 10.1. The van der Waals surface area contributed by atoms with Crippen molar-refractivity contribution in [3.8, 4) is 0 Å². The van der Waals surface area contributed by atoms with Crippen LogP contribution in [-0.2, 0) is 24.2 Å². The molecule has 1 aromatic carbocycles. The number of benzene rings is 1. The zero-order valence-electron chi connectivity index (χ0n) is 13.6. The molecule has 3 N–H and O–H groups in total. The maximum atomic E-state index is 12.0. The molecule has 24 heavy (non-hydrogen) atoms. The fourth-order valence-electron chi connectivity index (χ4n) is 2.86. The molecular weight excluding hydrogens is 322 g/mol. The first-order valence-electron chi connectivity index (χ1n) is 8.14. The SMILES string of the molecule is CCn1c(CCNC(=O)CCc2c[nH]c3ccccc23)n[nH]c1=S. The average molecular weight is 343 g/mol. The Morgan fingerprint density at radius 1 is 1.33 bits per heavy atom. The summed E-state index contributed by atoms with van der Waals surface area (Å²) in [4.78, 5) is 15.3. The summed E-state index contributed by atoms with van der Waals surface area (Å²) in [6.45, 7) is 3.36. The van der Waals surface area contributed by atoms with Gasteiger partial charge in [0.05, 0.1) is 0 Å². The minimum absolute atomic E-state index is 0.0532. The summed E-state index contributed by atoms with van der Waals surface area (Å²) in [5.74, 6) is 0.928. The molecule has 0 atom stereocenters. The highest BCUT2D eigenvalue weighted by Gasteiger charge is 2.08. The number of aromatic amines is 2. The second kappa shape index (κ2) is 7.44. The van der Waals surface area contributed by atoms with Crippen molar-refractivity contribution in [1.82, 2.24) is 25.1 Å². The van der Waals surface area contributed by atoms with E-state index in [1.807, 2.05) is 35.9 Å². The normalized spacial score (nSPS) is 11.0. The molecule has 0 saturated heterocycles. The summed E-state index contributed by atoms with van der Waals surface area (Å²) in [5.41, 5.74) is 2.28. The van der Waals surface area contributed by atoms with Crippen LogP contribution < -0.4 is 5.32 Å². The van der Waals surface area contributed by atoms with Gasteiger partial charge in [-0.25, -0.2) is 0 Å². The van der Waals surface area contributed by atoms with Crippen LogP contribution in [0.4, 0.5) is 0 Å². The van der Waals surface area contributed by atoms with E-state index < -0.39 is 0 Å². The van der Waals surface area contributed by atoms with Crippen LogP contribution in [0.3, 0.4) is 0 Å². The van der Waals surface area contributed by atoms with Gasteiger partial charge in [-0.05, 0) is 37.2 Å². The third kappa shape index (κ3) is 3.56. The number of fused-ring (bicyclic) bond motifs is 1. The highest BCUT2D eigenvalue weighted by atomic mass is 32.1. The fraction of sp³-hybridized carbons (Fsp3) is 0.353. The quantitative estimate of drug-likeness (QED) is 0.577. The number of nitrogens with zero attached hydrogens (tertiary/aromatic N) is 2. The van der Waals surface area contributed by atoms with Crippen LogP contribution in [0.1, 0.15) is 24.7 Å². The van der Waals surface area contributed by atoms with E-state index in [1.165, 1.54) is 10.9 Å². The average Bonchev–Trinajstić information content (AvgIpc) is 3.16. The Labute approximate surface area is 145 Å². The predicted molar refractivity (Wildman–Crippen MR) is 96.4 cm³/mol. The number of hydrogen-bond donors (Lipinski definition) is 3. The number of aromatic nitrogens is 4. The first-order chi connectivity index (χ1) is 11.7. The Morgan fingerprint density at radius 3 is 3.00 bits per heavy atom. The maximum absolute atomic E-state index is 12.0. The van der Waals surface area contributed by atoms with E-state index in [0.717, 1.165) is 24.3 Å². The largest absolute Gasteiger partial charge is 0.361 e. The van der Waals surface area contributed by atoms with Crippen molar-refractivity contribution in [2.75, 3.05) is 6.54 Å². The van der Waals surface area contributed by atoms with E-state index >= 15 is 0 Å². The molecule has 0 aliphatic heterocycles. The highest BCUT2D eigenvalue weighted by molar-refractivity contribution is 7.71. The van der Waals surface area contributed by atoms with E-state index in [1.54, 1.807) is 0 Å². The summed E-state index contributed by atoms with van der Waals surface area (Å²) in [6.07, 6.45) is 3.85. The van der Waals surface area contributed by atoms with Gasteiger partial charge in [-0.1, -0.05) is 18.2 Å². The minimum atomic E-state index is 0.0532. The van der Waals surface area contributed by atoms with E-state index in [4.69, 9.17) is 12.2 Å². The summed E-state index contributed by atoms with van der Waals surface area (Å²) >= 11 is 5.15. The molecule has 0 spiro atoms. The van der Waals surface area contributed by atoms with Gasteiger partial charge in [0.25, 0.3) is 0 Å². The minimum Gasteiger partial charge on any atom is -0.361 e. The molecule has 6 nitrogen and oxygen atoms in total. The van der Waals surface area contributed by atoms with Gasteiger partial charge in [0.2, 0.25) is 5.91 Å². The van der Waals surface area contributed by atoms with Crippen molar-refractivity contribution in [1.29, 1.82) is 0 Å². The molecule has 0 aliphatic rings. The Bertz CT molecular complexity index is 892. The van der Waals surface area contributed by atoms with Crippen LogP contribution >= 0.6 is 12.2 Å². The molecule has 3 rings (SSSR count). The van der Waals surface area contributed by atoms with Gasteiger partial charge in [0, 0.05) is 43.0 Å². The number of carbonyl (C=O) groups excluding carboxylic acids is 1. The van der Waals surface area contributed by atoms with E-state index in [-0.39, 0.29) is 5.91 Å². The van der Waals surface area contributed by atoms with Crippen molar-refractivity contribution < 1.29 is 4.79 Å². The second-order valence-electron chi connectivity index (χ2n) is 5.65. The Balaban J connectivity index is 1.48. The Hall–Kier alpha value is -2.41. The molecular formula is C17H21N5OS. The molecule has 3 aromatic rings. The van der Waals surface area contributed by atoms with Crippen molar-refractivity contribution in [3.63, 3.8) is 0 Å². The van der Waals surface area contributed by atoms with Crippen molar-refractivity contribution in [2.45, 2.75) is 32.7 Å². The maximum Gasteiger partial charge on any atom is 0.220 e. The van der Waals surface area contributed by atoms with Crippen molar-refractivity contribution >= 4 is 29.0 Å². The van der Waals surface area contributed by atoms with Gasteiger partial charge < -0.3 is 14.9 Å². The molecule has 0 radical (unpaired) electrons. The molecule has 126 valence electrons. The van der Waals surface area contributed by atoms with Crippen LogP contribution in [0, 0.1) is 4.77 Å². The summed E-state index contributed by atoms with van der Waals surface area (Å²) in [7, 11) is 0. The van der Waals surface area contributed by atoms with Gasteiger partial charge in [-0.2, -0.15) is 5.10 Å². The number of rotatable bonds is 7. The lowest BCUT2D eigenvalue weighted by molar-refractivity contribution is -0.121. The summed E-state index contributed by atoms with van der Waals surface area (Å²) in [6, 6.07) is 8.13.